The third kappa shape index (κ3) is 2.84. The Morgan fingerprint density at radius 2 is 2.11 bits per heavy atom. The predicted molar refractivity (Wildman–Crippen MR) is 70.2 cm³/mol. The first-order valence-corrected chi connectivity index (χ1v) is 7.25. The van der Waals surface area contributed by atoms with Crippen molar-refractivity contribution in [3.8, 4) is 0 Å². The number of hydrogen-bond acceptors (Lipinski definition) is 5. The smallest absolute Gasteiger partial charge is 0.287 e. The minimum atomic E-state index is -0.680. The molecule has 1 aromatic rings. The second-order valence-corrected chi connectivity index (χ2v) is 6.02. The van der Waals surface area contributed by atoms with Crippen molar-refractivity contribution in [3.05, 3.63) is 28.4 Å². The van der Waals surface area contributed by atoms with Crippen molar-refractivity contribution in [2.75, 3.05) is 23.5 Å². The minimum absolute atomic E-state index is 0.00287. The fourth-order valence-corrected chi connectivity index (χ4v) is 3.32. The first kappa shape index (κ1) is 12.9. The molecule has 2 rings (SSSR count). The molecule has 0 spiro atoms. The van der Waals surface area contributed by atoms with Gasteiger partial charge in [0, 0.05) is 41.5 Å². The highest BCUT2D eigenvalue weighted by Gasteiger charge is 2.22. The van der Waals surface area contributed by atoms with Crippen LogP contribution in [-0.4, -0.2) is 38.7 Å². The van der Waals surface area contributed by atoms with Gasteiger partial charge in [-0.25, -0.2) is 4.98 Å². The standard InChI is InChI=1S/C11H15N3O3S/c1-13(9-4-6-18(17)7-5-9)11-3-2-10(8-12-11)14(15)16/h2-3,8-9H,4-7H2,1H3. The number of aromatic nitrogens is 1. The number of pyridine rings is 1. The molecule has 1 aliphatic heterocycles. The van der Waals surface area contributed by atoms with Crippen molar-refractivity contribution in [1.82, 2.24) is 4.98 Å². The Kier molecular flexibility index (Phi) is 3.90. The number of hydrogen-bond donors (Lipinski definition) is 0. The molecule has 0 bridgehead atoms. The number of nitrogens with zero attached hydrogens (tertiary/aromatic N) is 3. The van der Waals surface area contributed by atoms with Gasteiger partial charge in [0.05, 0.1) is 4.92 Å². The molecule has 0 atom stereocenters. The lowest BCUT2D eigenvalue weighted by atomic mass is 10.1. The summed E-state index contributed by atoms with van der Waals surface area (Å²) in [5.41, 5.74) is -0.00287. The first-order valence-electron chi connectivity index (χ1n) is 5.76. The summed E-state index contributed by atoms with van der Waals surface area (Å²) < 4.78 is 11.3. The van der Waals surface area contributed by atoms with Gasteiger partial charge in [0.25, 0.3) is 5.69 Å². The third-order valence-corrected chi connectivity index (χ3v) is 4.59. The van der Waals surface area contributed by atoms with Crippen molar-refractivity contribution >= 4 is 22.3 Å². The van der Waals surface area contributed by atoms with Crippen LogP contribution in [0.25, 0.3) is 0 Å². The Morgan fingerprint density at radius 3 is 2.61 bits per heavy atom. The van der Waals surface area contributed by atoms with Gasteiger partial charge in [-0.05, 0) is 18.9 Å². The van der Waals surface area contributed by atoms with Crippen molar-refractivity contribution in [1.29, 1.82) is 0 Å². The van der Waals surface area contributed by atoms with E-state index in [1.54, 1.807) is 6.07 Å². The molecule has 1 saturated heterocycles. The van der Waals surface area contributed by atoms with Crippen molar-refractivity contribution in [2.45, 2.75) is 18.9 Å². The van der Waals surface area contributed by atoms with Gasteiger partial charge in [-0.15, -0.1) is 0 Å². The van der Waals surface area contributed by atoms with Crippen LogP contribution in [0.5, 0.6) is 0 Å². The second kappa shape index (κ2) is 5.43. The van der Waals surface area contributed by atoms with Crippen LogP contribution >= 0.6 is 0 Å². The summed E-state index contributed by atoms with van der Waals surface area (Å²) in [7, 11) is 1.24. The highest BCUT2D eigenvalue weighted by atomic mass is 32.2. The van der Waals surface area contributed by atoms with E-state index in [1.165, 1.54) is 12.3 Å². The molecule has 1 aliphatic rings. The number of nitro groups is 1. The molecule has 0 saturated carbocycles. The summed E-state index contributed by atoms with van der Waals surface area (Å²) in [4.78, 5) is 16.2. The third-order valence-electron chi connectivity index (χ3n) is 3.21. The summed E-state index contributed by atoms with van der Waals surface area (Å²) in [6.45, 7) is 0. The van der Waals surface area contributed by atoms with E-state index >= 15 is 0 Å². The monoisotopic (exact) mass is 269 g/mol. The number of anilines is 1. The average molecular weight is 269 g/mol. The van der Waals surface area contributed by atoms with Gasteiger partial charge in [-0.2, -0.15) is 0 Å². The van der Waals surface area contributed by atoms with Gasteiger partial charge in [0.15, 0.2) is 0 Å². The molecule has 6 nitrogen and oxygen atoms in total. The van der Waals surface area contributed by atoms with E-state index in [0.717, 1.165) is 30.2 Å². The molecule has 1 aromatic heterocycles. The average Bonchev–Trinajstić information content (AvgIpc) is 2.39. The number of rotatable bonds is 3. The Morgan fingerprint density at radius 1 is 1.44 bits per heavy atom. The Bertz CT molecular complexity index is 453. The zero-order valence-electron chi connectivity index (χ0n) is 10.1. The Balaban J connectivity index is 2.06. The van der Waals surface area contributed by atoms with Gasteiger partial charge in [0.2, 0.25) is 0 Å². The minimum Gasteiger partial charge on any atom is -0.357 e. The molecule has 98 valence electrons. The first-order chi connectivity index (χ1) is 8.58. The van der Waals surface area contributed by atoms with Gasteiger partial charge in [-0.1, -0.05) is 0 Å². The van der Waals surface area contributed by atoms with Crippen LogP contribution in [0.3, 0.4) is 0 Å². The van der Waals surface area contributed by atoms with E-state index in [9.17, 15) is 14.3 Å². The summed E-state index contributed by atoms with van der Waals surface area (Å²) in [6.07, 6.45) is 3.02. The highest BCUT2D eigenvalue weighted by molar-refractivity contribution is 7.85. The molecule has 0 amide bonds. The largest absolute Gasteiger partial charge is 0.357 e. The lowest BCUT2D eigenvalue weighted by molar-refractivity contribution is -0.385. The van der Waals surface area contributed by atoms with Gasteiger partial charge in [-0.3, -0.25) is 14.3 Å². The van der Waals surface area contributed by atoms with E-state index < -0.39 is 15.7 Å². The maximum absolute atomic E-state index is 11.3. The van der Waals surface area contributed by atoms with E-state index in [1.807, 2.05) is 11.9 Å². The molecule has 0 radical (unpaired) electrons. The normalized spacial score (nSPS) is 23.6. The van der Waals surface area contributed by atoms with Gasteiger partial charge >= 0.3 is 0 Å². The predicted octanol–water partition coefficient (Wildman–Crippen LogP) is 1.34. The molecule has 18 heavy (non-hydrogen) atoms. The van der Waals surface area contributed by atoms with Gasteiger partial charge in [0.1, 0.15) is 12.0 Å². The summed E-state index contributed by atoms with van der Waals surface area (Å²) in [5.74, 6) is 2.17. The van der Waals surface area contributed by atoms with Crippen LogP contribution in [0.2, 0.25) is 0 Å². The second-order valence-electron chi connectivity index (χ2n) is 4.32. The van der Waals surface area contributed by atoms with Gasteiger partial charge < -0.3 is 4.90 Å². The van der Waals surface area contributed by atoms with E-state index in [4.69, 9.17) is 0 Å². The quantitative estimate of drug-likeness (QED) is 0.611. The molecular formula is C11H15N3O3S. The van der Waals surface area contributed by atoms with Crippen LogP contribution in [0, 0.1) is 10.1 Å². The van der Waals surface area contributed by atoms with Crippen molar-refractivity contribution in [3.63, 3.8) is 0 Å². The SMILES string of the molecule is CN(c1ccc([N+](=O)[O-])cn1)C1CCS(=O)CC1. The van der Waals surface area contributed by atoms with E-state index in [-0.39, 0.29) is 5.69 Å². The maximum Gasteiger partial charge on any atom is 0.287 e. The van der Waals surface area contributed by atoms with Crippen LogP contribution < -0.4 is 4.90 Å². The fraction of sp³-hybridized carbons (Fsp3) is 0.545. The zero-order valence-corrected chi connectivity index (χ0v) is 10.9. The molecule has 0 aliphatic carbocycles. The lowest BCUT2D eigenvalue weighted by Crippen LogP contribution is -2.37. The van der Waals surface area contributed by atoms with E-state index in [2.05, 4.69) is 4.98 Å². The van der Waals surface area contributed by atoms with Crippen molar-refractivity contribution < 1.29 is 9.13 Å². The molecule has 7 heteroatoms. The highest BCUT2D eigenvalue weighted by Crippen LogP contribution is 2.21. The summed E-state index contributed by atoms with van der Waals surface area (Å²) >= 11 is 0. The topological polar surface area (TPSA) is 76.3 Å². The summed E-state index contributed by atoms with van der Waals surface area (Å²) in [6, 6.07) is 3.43. The summed E-state index contributed by atoms with van der Waals surface area (Å²) in [5, 5.41) is 10.5. The lowest BCUT2D eigenvalue weighted by Gasteiger charge is -2.31. The Hall–Kier alpha value is -1.50. The zero-order chi connectivity index (χ0) is 13.1. The van der Waals surface area contributed by atoms with E-state index in [0.29, 0.717) is 6.04 Å². The van der Waals surface area contributed by atoms with Crippen LogP contribution in [0.4, 0.5) is 11.5 Å². The van der Waals surface area contributed by atoms with Crippen molar-refractivity contribution in [2.24, 2.45) is 0 Å². The Labute approximate surface area is 108 Å². The molecule has 0 N–H and O–H groups in total. The van der Waals surface area contributed by atoms with Crippen LogP contribution in [0.15, 0.2) is 18.3 Å². The van der Waals surface area contributed by atoms with Crippen LogP contribution in [0.1, 0.15) is 12.8 Å². The fourth-order valence-electron chi connectivity index (χ4n) is 2.05. The molecule has 2 heterocycles. The maximum atomic E-state index is 11.3. The molecule has 0 unspecified atom stereocenters. The molecular weight excluding hydrogens is 254 g/mol. The van der Waals surface area contributed by atoms with Crippen LogP contribution in [-0.2, 0) is 10.8 Å². The molecule has 0 aromatic carbocycles. The molecule has 1 fully saturated rings.